The molecule has 2 aliphatic heterocycles. The maximum atomic E-state index is 12.1. The minimum absolute atomic E-state index is 0.0392. The molecule has 108 valence electrons. The van der Waals surface area contributed by atoms with E-state index >= 15 is 0 Å². The number of nitrogens with one attached hydrogen (secondary N) is 1. The Morgan fingerprint density at radius 3 is 2.42 bits per heavy atom. The molecule has 0 aromatic rings. The number of piperidine rings is 1. The van der Waals surface area contributed by atoms with E-state index in [9.17, 15) is 9.59 Å². The third-order valence-electron chi connectivity index (χ3n) is 4.15. The highest BCUT2D eigenvalue weighted by molar-refractivity contribution is 5.79. The number of carbonyl (C=O) groups is 2. The number of methoxy groups -OCH3 is 1. The Bertz CT molecular complexity index is 336. The second-order valence-electron chi connectivity index (χ2n) is 5.41. The average molecular weight is 269 g/mol. The summed E-state index contributed by atoms with van der Waals surface area (Å²) in [5.41, 5.74) is 0. The van der Waals surface area contributed by atoms with E-state index < -0.39 is 0 Å². The Morgan fingerprint density at radius 2 is 1.95 bits per heavy atom. The first-order valence-corrected chi connectivity index (χ1v) is 6.88. The zero-order chi connectivity index (χ0) is 13.8. The van der Waals surface area contributed by atoms with Gasteiger partial charge < -0.3 is 15.0 Å². The minimum atomic E-state index is -0.148. The van der Waals surface area contributed by atoms with E-state index in [1.54, 1.807) is 0 Å². The molecule has 1 amide bonds. The monoisotopic (exact) mass is 269 g/mol. The maximum absolute atomic E-state index is 12.1. The first-order valence-electron chi connectivity index (χ1n) is 6.88. The molecule has 2 heterocycles. The minimum Gasteiger partial charge on any atom is -0.469 e. The van der Waals surface area contributed by atoms with Crippen LogP contribution in [0.4, 0.5) is 0 Å². The van der Waals surface area contributed by atoms with E-state index in [1.807, 2.05) is 11.9 Å². The van der Waals surface area contributed by atoms with E-state index in [4.69, 9.17) is 4.74 Å². The van der Waals surface area contributed by atoms with Crippen LogP contribution >= 0.6 is 0 Å². The molecular weight excluding hydrogens is 246 g/mol. The Labute approximate surface area is 114 Å². The normalized spacial score (nSPS) is 21.3. The standard InChI is InChI=1S/C13H23N3O3/c1-15(11-7-14-8-11)9-12(17)16-5-3-10(4-6-16)13(18)19-2/h10-11,14H,3-9H2,1-2H3. The highest BCUT2D eigenvalue weighted by atomic mass is 16.5. The first kappa shape index (κ1) is 14.3. The van der Waals surface area contributed by atoms with E-state index in [0.29, 0.717) is 38.5 Å². The van der Waals surface area contributed by atoms with Crippen molar-refractivity contribution < 1.29 is 14.3 Å². The van der Waals surface area contributed by atoms with Gasteiger partial charge in [-0.1, -0.05) is 0 Å². The number of carbonyl (C=O) groups excluding carboxylic acids is 2. The van der Waals surface area contributed by atoms with E-state index in [-0.39, 0.29) is 17.8 Å². The molecule has 0 bridgehead atoms. The summed E-state index contributed by atoms with van der Waals surface area (Å²) in [6, 6.07) is 0.483. The molecule has 0 atom stereocenters. The SMILES string of the molecule is COC(=O)C1CCN(C(=O)CN(C)C2CNC2)CC1. The lowest BCUT2D eigenvalue weighted by molar-refractivity contribution is -0.149. The van der Waals surface area contributed by atoms with Gasteiger partial charge in [-0.05, 0) is 19.9 Å². The Morgan fingerprint density at radius 1 is 1.32 bits per heavy atom. The number of hydrogen-bond donors (Lipinski definition) is 1. The molecule has 1 N–H and O–H groups in total. The lowest BCUT2D eigenvalue weighted by atomic mass is 9.97. The van der Waals surface area contributed by atoms with Crippen molar-refractivity contribution >= 4 is 11.9 Å². The molecule has 2 saturated heterocycles. The second-order valence-corrected chi connectivity index (χ2v) is 5.41. The van der Waals surface area contributed by atoms with Gasteiger partial charge >= 0.3 is 5.97 Å². The molecule has 0 saturated carbocycles. The summed E-state index contributed by atoms with van der Waals surface area (Å²) in [6.45, 7) is 3.72. The lowest BCUT2D eigenvalue weighted by Crippen LogP contribution is -2.58. The van der Waals surface area contributed by atoms with Gasteiger partial charge in [-0.15, -0.1) is 0 Å². The van der Waals surface area contributed by atoms with E-state index in [1.165, 1.54) is 7.11 Å². The largest absolute Gasteiger partial charge is 0.469 e. The molecule has 6 nitrogen and oxygen atoms in total. The number of nitrogens with zero attached hydrogens (tertiary/aromatic N) is 2. The van der Waals surface area contributed by atoms with Crippen LogP contribution in [-0.4, -0.2) is 74.6 Å². The highest BCUT2D eigenvalue weighted by Gasteiger charge is 2.29. The van der Waals surface area contributed by atoms with Crippen molar-refractivity contribution in [3.8, 4) is 0 Å². The smallest absolute Gasteiger partial charge is 0.308 e. The molecule has 0 aromatic carbocycles. The number of esters is 1. The van der Waals surface area contributed by atoms with Gasteiger partial charge in [0.25, 0.3) is 0 Å². The number of rotatable bonds is 4. The first-order chi connectivity index (χ1) is 9.11. The molecule has 2 aliphatic rings. The predicted octanol–water partition coefficient (Wildman–Crippen LogP) is -0.698. The van der Waals surface area contributed by atoms with Crippen LogP contribution in [0.3, 0.4) is 0 Å². The molecule has 0 spiro atoms. The molecule has 19 heavy (non-hydrogen) atoms. The van der Waals surface area contributed by atoms with Gasteiger partial charge in [-0.25, -0.2) is 0 Å². The zero-order valence-electron chi connectivity index (χ0n) is 11.7. The fraction of sp³-hybridized carbons (Fsp3) is 0.846. The van der Waals surface area contributed by atoms with Crippen molar-refractivity contribution in [2.75, 3.05) is 46.9 Å². The van der Waals surface area contributed by atoms with Crippen LogP contribution in [0.5, 0.6) is 0 Å². The number of amides is 1. The highest BCUT2D eigenvalue weighted by Crippen LogP contribution is 2.18. The second kappa shape index (κ2) is 6.34. The molecule has 0 aliphatic carbocycles. The fourth-order valence-electron chi connectivity index (χ4n) is 2.56. The van der Waals surface area contributed by atoms with Crippen LogP contribution in [0.15, 0.2) is 0 Å². The zero-order valence-corrected chi connectivity index (χ0v) is 11.7. The Hall–Kier alpha value is -1.14. The summed E-state index contributed by atoms with van der Waals surface area (Å²) in [7, 11) is 3.41. The third-order valence-corrected chi connectivity index (χ3v) is 4.15. The predicted molar refractivity (Wildman–Crippen MR) is 70.6 cm³/mol. The van der Waals surface area contributed by atoms with Crippen LogP contribution in [0.1, 0.15) is 12.8 Å². The van der Waals surface area contributed by atoms with Gasteiger partial charge in [0, 0.05) is 32.2 Å². The molecule has 2 rings (SSSR count). The van der Waals surface area contributed by atoms with Crippen molar-refractivity contribution in [2.45, 2.75) is 18.9 Å². The van der Waals surface area contributed by atoms with Crippen LogP contribution in [-0.2, 0) is 14.3 Å². The Kier molecular flexibility index (Phi) is 4.76. The third kappa shape index (κ3) is 3.45. The summed E-state index contributed by atoms with van der Waals surface area (Å²) >= 11 is 0. The Balaban J connectivity index is 1.74. The maximum Gasteiger partial charge on any atom is 0.308 e. The van der Waals surface area contributed by atoms with Gasteiger partial charge in [-0.2, -0.15) is 0 Å². The summed E-state index contributed by atoms with van der Waals surface area (Å²) in [5, 5.41) is 3.20. The van der Waals surface area contributed by atoms with Crippen molar-refractivity contribution in [1.82, 2.24) is 15.1 Å². The van der Waals surface area contributed by atoms with E-state index in [0.717, 1.165) is 13.1 Å². The topological polar surface area (TPSA) is 61.9 Å². The van der Waals surface area contributed by atoms with Crippen molar-refractivity contribution in [3.63, 3.8) is 0 Å². The summed E-state index contributed by atoms with van der Waals surface area (Å²) < 4.78 is 4.75. The van der Waals surface area contributed by atoms with Crippen LogP contribution in [0.25, 0.3) is 0 Å². The molecule has 0 aromatic heterocycles. The number of ether oxygens (including phenoxy) is 1. The molecular formula is C13H23N3O3. The molecule has 2 fully saturated rings. The molecule has 6 heteroatoms. The molecule has 0 unspecified atom stereocenters. The van der Waals surface area contributed by atoms with Gasteiger partial charge in [0.15, 0.2) is 0 Å². The van der Waals surface area contributed by atoms with Crippen LogP contribution in [0, 0.1) is 5.92 Å². The van der Waals surface area contributed by atoms with Gasteiger partial charge in [0.1, 0.15) is 0 Å². The van der Waals surface area contributed by atoms with E-state index in [2.05, 4.69) is 10.2 Å². The number of likely N-dealkylation sites (tertiary alicyclic amines) is 1. The quantitative estimate of drug-likeness (QED) is 0.684. The molecule has 0 radical (unpaired) electrons. The summed E-state index contributed by atoms with van der Waals surface area (Å²) in [4.78, 5) is 27.5. The van der Waals surface area contributed by atoms with Crippen molar-refractivity contribution in [3.05, 3.63) is 0 Å². The van der Waals surface area contributed by atoms with Crippen molar-refractivity contribution in [2.24, 2.45) is 5.92 Å². The number of hydrogen-bond acceptors (Lipinski definition) is 5. The summed E-state index contributed by atoms with van der Waals surface area (Å²) in [5.74, 6) is -0.0231. The fourth-order valence-corrected chi connectivity index (χ4v) is 2.56. The summed E-state index contributed by atoms with van der Waals surface area (Å²) in [6.07, 6.45) is 1.43. The van der Waals surface area contributed by atoms with Crippen LogP contribution < -0.4 is 5.32 Å². The lowest BCUT2D eigenvalue weighted by Gasteiger charge is -2.37. The van der Waals surface area contributed by atoms with Gasteiger partial charge in [-0.3, -0.25) is 14.5 Å². The average Bonchev–Trinajstić information content (AvgIpc) is 2.35. The van der Waals surface area contributed by atoms with Gasteiger partial charge in [0.2, 0.25) is 5.91 Å². The number of likely N-dealkylation sites (N-methyl/N-ethyl adjacent to an activating group) is 1. The van der Waals surface area contributed by atoms with Gasteiger partial charge in [0.05, 0.1) is 19.6 Å². The van der Waals surface area contributed by atoms with Crippen LogP contribution in [0.2, 0.25) is 0 Å². The van der Waals surface area contributed by atoms with Crippen molar-refractivity contribution in [1.29, 1.82) is 0 Å².